The maximum atomic E-state index is 13.3. The van der Waals surface area contributed by atoms with Crippen molar-refractivity contribution in [2.75, 3.05) is 32.1 Å². The Bertz CT molecular complexity index is 704. The van der Waals surface area contributed by atoms with E-state index in [4.69, 9.17) is 0 Å². The highest BCUT2D eigenvalue weighted by atomic mass is 35.5. The van der Waals surface area contributed by atoms with Gasteiger partial charge in [0.1, 0.15) is 5.82 Å². The van der Waals surface area contributed by atoms with Crippen LogP contribution in [0.1, 0.15) is 35.3 Å². The van der Waals surface area contributed by atoms with E-state index in [9.17, 15) is 4.79 Å². The number of nitrogens with one attached hydrogen (secondary N) is 1. The van der Waals surface area contributed by atoms with Gasteiger partial charge in [-0.3, -0.25) is 9.78 Å². The van der Waals surface area contributed by atoms with Crippen LogP contribution in [0.2, 0.25) is 0 Å². The van der Waals surface area contributed by atoms with E-state index < -0.39 is 0 Å². The van der Waals surface area contributed by atoms with Crippen LogP contribution < -0.4 is 10.2 Å². The van der Waals surface area contributed by atoms with Crippen LogP contribution >= 0.6 is 24.8 Å². The largest absolute Gasteiger partial charge is 0.363 e. The molecule has 3 rings (SSSR count). The second-order valence-electron chi connectivity index (χ2n) is 6.89. The van der Waals surface area contributed by atoms with Gasteiger partial charge in [-0.15, -0.1) is 24.8 Å². The molecule has 0 aromatic carbocycles. The molecule has 0 aliphatic carbocycles. The van der Waals surface area contributed by atoms with Crippen LogP contribution in [-0.4, -0.2) is 54.0 Å². The third kappa shape index (κ3) is 6.33. The highest BCUT2D eigenvalue weighted by molar-refractivity contribution is 5.94. The Balaban J connectivity index is 0.00000196. The van der Waals surface area contributed by atoms with Gasteiger partial charge in [0.15, 0.2) is 0 Å². The van der Waals surface area contributed by atoms with Gasteiger partial charge in [-0.1, -0.05) is 6.07 Å². The van der Waals surface area contributed by atoms with E-state index in [1.54, 1.807) is 12.4 Å². The smallest absolute Gasteiger partial charge is 0.256 e. The Labute approximate surface area is 179 Å². The van der Waals surface area contributed by atoms with Crippen molar-refractivity contribution in [2.45, 2.75) is 31.8 Å². The molecule has 0 radical (unpaired) electrons. The van der Waals surface area contributed by atoms with Crippen LogP contribution in [-0.2, 0) is 6.54 Å². The average molecular weight is 426 g/mol. The van der Waals surface area contributed by atoms with Gasteiger partial charge in [0.05, 0.1) is 17.8 Å². The molecule has 1 atom stereocenters. The van der Waals surface area contributed by atoms with Crippen LogP contribution in [0.3, 0.4) is 0 Å². The molecule has 8 heteroatoms. The highest BCUT2D eigenvalue weighted by Crippen LogP contribution is 2.20. The summed E-state index contributed by atoms with van der Waals surface area (Å²) in [4.78, 5) is 26.0. The minimum absolute atomic E-state index is 0. The summed E-state index contributed by atoms with van der Waals surface area (Å²) in [5, 5.41) is 3.42. The van der Waals surface area contributed by atoms with E-state index >= 15 is 0 Å². The Morgan fingerprint density at radius 1 is 1.11 bits per heavy atom. The van der Waals surface area contributed by atoms with Gasteiger partial charge in [0.25, 0.3) is 5.91 Å². The Hall–Kier alpha value is -1.89. The molecule has 1 aliphatic heterocycles. The van der Waals surface area contributed by atoms with Crippen LogP contribution in [0.25, 0.3) is 0 Å². The summed E-state index contributed by atoms with van der Waals surface area (Å²) in [5.74, 6) is 0.872. The lowest BCUT2D eigenvalue weighted by Crippen LogP contribution is -2.40. The standard InChI is InChI=1S/C20H27N5O.2ClH/c1-24(2)19-9-8-16(14-23-19)20(26)25(15-17-6-3-4-12-22-17)18-7-5-11-21-13-10-18;;/h3-4,6,8-9,12,14,18,21H,5,7,10-11,13,15H2,1-2H3;2*1H. The van der Waals surface area contributed by atoms with Crippen molar-refractivity contribution in [3.05, 3.63) is 54.0 Å². The third-order valence-corrected chi connectivity index (χ3v) is 4.76. The van der Waals surface area contributed by atoms with Crippen molar-refractivity contribution in [3.63, 3.8) is 0 Å². The first kappa shape index (κ1) is 24.1. The van der Waals surface area contributed by atoms with E-state index in [0.29, 0.717) is 12.1 Å². The molecule has 2 aromatic rings. The van der Waals surface area contributed by atoms with Gasteiger partial charge in [-0.25, -0.2) is 4.98 Å². The van der Waals surface area contributed by atoms with E-state index in [1.165, 1.54) is 0 Å². The summed E-state index contributed by atoms with van der Waals surface area (Å²) >= 11 is 0. The Kier molecular flexibility index (Phi) is 10.2. The summed E-state index contributed by atoms with van der Waals surface area (Å²) in [6.07, 6.45) is 6.50. The predicted molar refractivity (Wildman–Crippen MR) is 118 cm³/mol. The zero-order valence-electron chi connectivity index (χ0n) is 16.4. The van der Waals surface area contributed by atoms with Crippen molar-refractivity contribution in [1.29, 1.82) is 0 Å². The number of carbonyl (C=O) groups excluding carboxylic acids is 1. The summed E-state index contributed by atoms with van der Waals surface area (Å²) in [7, 11) is 3.88. The molecule has 0 spiro atoms. The number of anilines is 1. The number of nitrogens with zero attached hydrogens (tertiary/aromatic N) is 4. The average Bonchev–Trinajstić information content (AvgIpc) is 2.96. The Morgan fingerprint density at radius 2 is 1.93 bits per heavy atom. The molecular weight excluding hydrogens is 397 g/mol. The molecule has 1 fully saturated rings. The topological polar surface area (TPSA) is 61.4 Å². The maximum absolute atomic E-state index is 13.3. The lowest BCUT2D eigenvalue weighted by Gasteiger charge is -2.31. The second-order valence-corrected chi connectivity index (χ2v) is 6.89. The van der Waals surface area contributed by atoms with Gasteiger partial charge >= 0.3 is 0 Å². The van der Waals surface area contributed by atoms with E-state index in [-0.39, 0.29) is 36.8 Å². The van der Waals surface area contributed by atoms with Gasteiger partial charge in [0, 0.05) is 32.5 Å². The zero-order valence-corrected chi connectivity index (χ0v) is 18.0. The number of carbonyl (C=O) groups is 1. The van der Waals surface area contributed by atoms with Gasteiger partial charge in [0.2, 0.25) is 0 Å². The number of halogens is 2. The minimum atomic E-state index is 0. The lowest BCUT2D eigenvalue weighted by atomic mass is 10.1. The second kappa shape index (κ2) is 11.8. The van der Waals surface area contributed by atoms with Crippen molar-refractivity contribution < 1.29 is 4.79 Å². The zero-order chi connectivity index (χ0) is 18.4. The Morgan fingerprint density at radius 3 is 2.57 bits per heavy atom. The minimum Gasteiger partial charge on any atom is -0.363 e. The van der Waals surface area contributed by atoms with Gasteiger partial charge in [-0.05, 0) is 56.6 Å². The number of hydrogen-bond donors (Lipinski definition) is 1. The maximum Gasteiger partial charge on any atom is 0.256 e. The van der Waals surface area contributed by atoms with Gasteiger partial charge < -0.3 is 15.1 Å². The molecule has 1 unspecified atom stereocenters. The molecule has 1 amide bonds. The van der Waals surface area contributed by atoms with Gasteiger partial charge in [-0.2, -0.15) is 0 Å². The number of aromatic nitrogens is 2. The number of hydrogen-bond acceptors (Lipinski definition) is 5. The molecule has 0 saturated carbocycles. The fraction of sp³-hybridized carbons (Fsp3) is 0.450. The third-order valence-electron chi connectivity index (χ3n) is 4.76. The van der Waals surface area contributed by atoms with Crippen LogP contribution in [0, 0.1) is 0 Å². The monoisotopic (exact) mass is 425 g/mol. The van der Waals surface area contributed by atoms with Crippen LogP contribution in [0.4, 0.5) is 5.82 Å². The van der Waals surface area contributed by atoms with Crippen molar-refractivity contribution in [3.8, 4) is 0 Å². The summed E-state index contributed by atoms with van der Waals surface area (Å²) in [6, 6.07) is 9.81. The van der Waals surface area contributed by atoms with E-state index in [0.717, 1.165) is 43.9 Å². The summed E-state index contributed by atoms with van der Waals surface area (Å²) < 4.78 is 0. The summed E-state index contributed by atoms with van der Waals surface area (Å²) in [6.45, 7) is 2.48. The van der Waals surface area contributed by atoms with E-state index in [2.05, 4.69) is 15.3 Å². The van der Waals surface area contributed by atoms with Crippen molar-refractivity contribution in [2.24, 2.45) is 0 Å². The summed E-state index contributed by atoms with van der Waals surface area (Å²) in [5.41, 5.74) is 1.54. The molecule has 154 valence electrons. The fourth-order valence-corrected chi connectivity index (χ4v) is 3.29. The van der Waals surface area contributed by atoms with Crippen LogP contribution in [0.15, 0.2) is 42.7 Å². The molecule has 2 aromatic heterocycles. The number of amides is 1. The fourth-order valence-electron chi connectivity index (χ4n) is 3.29. The first-order chi connectivity index (χ1) is 12.6. The molecule has 6 nitrogen and oxygen atoms in total. The molecule has 28 heavy (non-hydrogen) atoms. The lowest BCUT2D eigenvalue weighted by molar-refractivity contribution is 0.0642. The number of pyridine rings is 2. The van der Waals surface area contributed by atoms with Crippen molar-refractivity contribution >= 4 is 36.5 Å². The molecule has 1 N–H and O–H groups in total. The van der Waals surface area contributed by atoms with Crippen molar-refractivity contribution in [1.82, 2.24) is 20.2 Å². The molecule has 1 aliphatic rings. The molecule has 0 bridgehead atoms. The molecule has 3 heterocycles. The number of rotatable bonds is 5. The molecule has 1 saturated heterocycles. The first-order valence-corrected chi connectivity index (χ1v) is 9.20. The van der Waals surface area contributed by atoms with E-state index in [1.807, 2.05) is 54.2 Å². The first-order valence-electron chi connectivity index (χ1n) is 9.20. The van der Waals surface area contributed by atoms with Crippen LogP contribution in [0.5, 0.6) is 0 Å². The molecular formula is C20H29Cl2N5O. The predicted octanol–water partition coefficient (Wildman–Crippen LogP) is 3.17. The highest BCUT2D eigenvalue weighted by Gasteiger charge is 2.26. The SMILES string of the molecule is CN(C)c1ccc(C(=O)N(Cc2ccccn2)C2CCCNCC2)cn1.Cl.Cl. The quantitative estimate of drug-likeness (QED) is 0.796. The normalized spacial score (nSPS) is 16.1.